The van der Waals surface area contributed by atoms with Crippen molar-refractivity contribution in [3.8, 4) is 5.75 Å². The molecule has 30 heavy (non-hydrogen) atoms. The zero-order valence-electron chi connectivity index (χ0n) is 17.5. The zero-order chi connectivity index (χ0) is 21.5. The maximum Gasteiger partial charge on any atom is 0.257 e. The molecule has 0 heterocycles. The van der Waals surface area contributed by atoms with Gasteiger partial charge in [0.2, 0.25) is 0 Å². The standard InChI is InChI=1S/C25H26N2O3/c1-4-14-30-21-9-7-8-19(16-21)24(28)27-23-11-6-5-10-22(23)25(29)26-20-13-12-17(2)18(3)15-20/h5-13,15-16H,4,14H2,1-3H3,(H,26,29)(H,27,28). The molecular formula is C25H26N2O3. The van der Waals surface area contributed by atoms with Crippen molar-refractivity contribution in [2.24, 2.45) is 0 Å². The number of ether oxygens (including phenoxy) is 1. The van der Waals surface area contributed by atoms with E-state index >= 15 is 0 Å². The summed E-state index contributed by atoms with van der Waals surface area (Å²) >= 11 is 0. The van der Waals surface area contributed by atoms with E-state index in [1.807, 2.05) is 45.0 Å². The van der Waals surface area contributed by atoms with Crippen LogP contribution in [-0.2, 0) is 0 Å². The highest BCUT2D eigenvalue weighted by atomic mass is 16.5. The Morgan fingerprint density at radius 2 is 1.63 bits per heavy atom. The van der Waals surface area contributed by atoms with Crippen molar-refractivity contribution in [1.29, 1.82) is 0 Å². The second kappa shape index (κ2) is 9.74. The summed E-state index contributed by atoms with van der Waals surface area (Å²) in [6.07, 6.45) is 0.888. The Balaban J connectivity index is 1.77. The van der Waals surface area contributed by atoms with Crippen molar-refractivity contribution >= 4 is 23.2 Å². The molecule has 0 spiro atoms. The Morgan fingerprint density at radius 1 is 0.833 bits per heavy atom. The predicted molar refractivity (Wildman–Crippen MR) is 120 cm³/mol. The number of aryl methyl sites for hydroxylation is 2. The minimum Gasteiger partial charge on any atom is -0.494 e. The number of benzene rings is 3. The van der Waals surface area contributed by atoms with Crippen LogP contribution in [0, 0.1) is 13.8 Å². The number of hydrogen-bond acceptors (Lipinski definition) is 3. The van der Waals surface area contributed by atoms with Crippen molar-refractivity contribution in [3.05, 3.63) is 89.0 Å². The van der Waals surface area contributed by atoms with Crippen LogP contribution in [0.5, 0.6) is 5.75 Å². The van der Waals surface area contributed by atoms with Gasteiger partial charge in [-0.1, -0.05) is 31.2 Å². The molecule has 0 bridgehead atoms. The molecular weight excluding hydrogens is 376 g/mol. The molecule has 0 aliphatic heterocycles. The van der Waals surface area contributed by atoms with Gasteiger partial charge in [0.25, 0.3) is 11.8 Å². The van der Waals surface area contributed by atoms with E-state index in [0.29, 0.717) is 34.9 Å². The molecule has 0 fully saturated rings. The van der Waals surface area contributed by atoms with Crippen LogP contribution in [0.25, 0.3) is 0 Å². The molecule has 2 N–H and O–H groups in total. The molecule has 0 aliphatic rings. The van der Waals surface area contributed by atoms with Crippen LogP contribution >= 0.6 is 0 Å². The summed E-state index contributed by atoms with van der Waals surface area (Å²) in [5.74, 6) is 0.0582. The largest absolute Gasteiger partial charge is 0.494 e. The summed E-state index contributed by atoms with van der Waals surface area (Å²) < 4.78 is 5.60. The van der Waals surface area contributed by atoms with Gasteiger partial charge in [0.05, 0.1) is 17.9 Å². The summed E-state index contributed by atoms with van der Waals surface area (Å²) in [6.45, 7) is 6.63. The highest BCUT2D eigenvalue weighted by Gasteiger charge is 2.15. The van der Waals surface area contributed by atoms with Gasteiger partial charge < -0.3 is 15.4 Å². The van der Waals surface area contributed by atoms with E-state index < -0.39 is 0 Å². The lowest BCUT2D eigenvalue weighted by molar-refractivity contribution is 0.102. The number of nitrogens with one attached hydrogen (secondary N) is 2. The Bertz CT molecular complexity index is 1060. The van der Waals surface area contributed by atoms with E-state index in [4.69, 9.17) is 4.74 Å². The minimum atomic E-state index is -0.302. The topological polar surface area (TPSA) is 67.4 Å². The Hall–Kier alpha value is -3.60. The number of rotatable bonds is 7. The number of para-hydroxylation sites is 1. The smallest absolute Gasteiger partial charge is 0.257 e. The Kier molecular flexibility index (Phi) is 6.86. The van der Waals surface area contributed by atoms with Gasteiger partial charge in [-0.3, -0.25) is 9.59 Å². The Morgan fingerprint density at radius 3 is 2.40 bits per heavy atom. The van der Waals surface area contributed by atoms with Crippen molar-refractivity contribution < 1.29 is 14.3 Å². The maximum atomic E-state index is 12.8. The molecule has 154 valence electrons. The SMILES string of the molecule is CCCOc1cccc(C(=O)Nc2ccccc2C(=O)Nc2ccc(C)c(C)c2)c1. The monoisotopic (exact) mass is 402 g/mol. The summed E-state index contributed by atoms with van der Waals surface area (Å²) in [6, 6.07) is 19.7. The third kappa shape index (κ3) is 5.26. The fraction of sp³-hybridized carbons (Fsp3) is 0.200. The molecule has 0 radical (unpaired) electrons. The van der Waals surface area contributed by atoms with Crippen molar-refractivity contribution in [3.63, 3.8) is 0 Å². The molecule has 2 amide bonds. The number of carbonyl (C=O) groups excluding carboxylic acids is 2. The van der Waals surface area contributed by atoms with E-state index in [0.717, 1.165) is 17.5 Å². The minimum absolute atomic E-state index is 0.283. The first-order valence-corrected chi connectivity index (χ1v) is 9.99. The quantitative estimate of drug-likeness (QED) is 0.541. The van der Waals surface area contributed by atoms with E-state index in [1.54, 1.807) is 42.5 Å². The first-order chi connectivity index (χ1) is 14.5. The van der Waals surface area contributed by atoms with E-state index in [9.17, 15) is 9.59 Å². The summed E-state index contributed by atoms with van der Waals surface area (Å²) in [5, 5.41) is 5.74. The predicted octanol–water partition coefficient (Wildman–Crippen LogP) is 5.60. The van der Waals surface area contributed by atoms with Gasteiger partial charge in [0.1, 0.15) is 5.75 Å². The average Bonchev–Trinajstić information content (AvgIpc) is 2.75. The van der Waals surface area contributed by atoms with Gasteiger partial charge in [0.15, 0.2) is 0 Å². The molecule has 3 rings (SSSR count). The number of anilines is 2. The van der Waals surface area contributed by atoms with Gasteiger partial charge >= 0.3 is 0 Å². The first kappa shape index (κ1) is 21.1. The highest BCUT2D eigenvalue weighted by molar-refractivity contribution is 6.12. The van der Waals surface area contributed by atoms with Gasteiger partial charge in [-0.15, -0.1) is 0 Å². The van der Waals surface area contributed by atoms with E-state index in [1.165, 1.54) is 0 Å². The Labute approximate surface area is 177 Å². The van der Waals surface area contributed by atoms with Gasteiger partial charge in [-0.05, 0) is 73.9 Å². The van der Waals surface area contributed by atoms with Crippen LogP contribution in [-0.4, -0.2) is 18.4 Å². The molecule has 0 aliphatic carbocycles. The number of amides is 2. The molecule has 0 saturated carbocycles. The van der Waals surface area contributed by atoms with Crippen molar-refractivity contribution in [2.45, 2.75) is 27.2 Å². The maximum absolute atomic E-state index is 12.8. The fourth-order valence-corrected chi connectivity index (χ4v) is 2.95. The second-order valence-corrected chi connectivity index (χ2v) is 7.13. The van der Waals surface area contributed by atoms with Crippen LogP contribution in [0.1, 0.15) is 45.2 Å². The van der Waals surface area contributed by atoms with Crippen LogP contribution in [0.3, 0.4) is 0 Å². The molecule has 0 saturated heterocycles. The molecule has 0 aromatic heterocycles. The highest BCUT2D eigenvalue weighted by Crippen LogP contribution is 2.21. The van der Waals surface area contributed by atoms with E-state index in [-0.39, 0.29) is 11.8 Å². The van der Waals surface area contributed by atoms with Crippen LogP contribution in [0.4, 0.5) is 11.4 Å². The molecule has 3 aromatic rings. The van der Waals surface area contributed by atoms with Gasteiger partial charge in [-0.25, -0.2) is 0 Å². The third-order valence-corrected chi connectivity index (χ3v) is 4.75. The van der Waals surface area contributed by atoms with E-state index in [2.05, 4.69) is 10.6 Å². The van der Waals surface area contributed by atoms with Crippen molar-refractivity contribution in [1.82, 2.24) is 0 Å². The van der Waals surface area contributed by atoms with Gasteiger partial charge in [-0.2, -0.15) is 0 Å². The molecule has 5 nitrogen and oxygen atoms in total. The summed E-state index contributed by atoms with van der Waals surface area (Å²) in [5.41, 5.74) is 4.27. The lowest BCUT2D eigenvalue weighted by Crippen LogP contribution is -2.18. The molecule has 5 heteroatoms. The normalized spacial score (nSPS) is 10.4. The average molecular weight is 402 g/mol. The first-order valence-electron chi connectivity index (χ1n) is 9.99. The fourth-order valence-electron chi connectivity index (χ4n) is 2.95. The zero-order valence-corrected chi connectivity index (χ0v) is 17.5. The lowest BCUT2D eigenvalue weighted by atomic mass is 10.1. The second-order valence-electron chi connectivity index (χ2n) is 7.13. The molecule has 0 unspecified atom stereocenters. The lowest BCUT2D eigenvalue weighted by Gasteiger charge is -2.13. The number of carbonyl (C=O) groups is 2. The molecule has 0 atom stereocenters. The summed E-state index contributed by atoms with van der Waals surface area (Å²) in [4.78, 5) is 25.6. The number of hydrogen-bond donors (Lipinski definition) is 2. The summed E-state index contributed by atoms with van der Waals surface area (Å²) in [7, 11) is 0. The van der Waals surface area contributed by atoms with Crippen LogP contribution in [0.2, 0.25) is 0 Å². The van der Waals surface area contributed by atoms with Crippen LogP contribution < -0.4 is 15.4 Å². The molecule has 3 aromatic carbocycles. The van der Waals surface area contributed by atoms with Gasteiger partial charge in [0, 0.05) is 11.3 Å². The van der Waals surface area contributed by atoms with Crippen molar-refractivity contribution in [2.75, 3.05) is 17.2 Å². The van der Waals surface area contributed by atoms with Crippen LogP contribution in [0.15, 0.2) is 66.7 Å². The third-order valence-electron chi connectivity index (χ3n) is 4.75.